The van der Waals surface area contributed by atoms with E-state index in [4.69, 9.17) is 14.5 Å². The topological polar surface area (TPSA) is 67.8 Å². The Bertz CT molecular complexity index is 803. The Balaban J connectivity index is 1.73. The first-order valence-corrected chi connectivity index (χ1v) is 10.3. The molecule has 0 aliphatic carbocycles. The number of hydrogen-bond acceptors (Lipinski definition) is 5. The highest BCUT2D eigenvalue weighted by Crippen LogP contribution is 2.35. The van der Waals surface area contributed by atoms with Crippen molar-refractivity contribution in [3.8, 4) is 11.5 Å². The number of ether oxygens (including phenoxy) is 2. The van der Waals surface area contributed by atoms with Gasteiger partial charge in [-0.15, -0.1) is 11.3 Å². The molecule has 1 aliphatic heterocycles. The lowest BCUT2D eigenvalue weighted by atomic mass is 10.1. The average Bonchev–Trinajstić information content (AvgIpc) is 3.21. The van der Waals surface area contributed by atoms with Gasteiger partial charge in [0.15, 0.2) is 5.96 Å². The molecule has 1 aliphatic rings. The molecule has 0 saturated carbocycles. The second kappa shape index (κ2) is 9.08. The van der Waals surface area contributed by atoms with E-state index in [2.05, 4.69) is 41.6 Å². The number of thiazole rings is 1. The van der Waals surface area contributed by atoms with E-state index in [-0.39, 0.29) is 6.10 Å². The Kier molecular flexibility index (Phi) is 6.55. The second-order valence-corrected chi connectivity index (χ2v) is 7.85. The fourth-order valence-corrected chi connectivity index (χ4v) is 3.79. The molecule has 6 nitrogen and oxygen atoms in total. The third kappa shape index (κ3) is 5.13. The van der Waals surface area contributed by atoms with Gasteiger partial charge in [-0.25, -0.2) is 9.98 Å². The lowest BCUT2D eigenvalue weighted by molar-refractivity contribution is 0.254. The van der Waals surface area contributed by atoms with Crippen LogP contribution in [-0.4, -0.2) is 30.2 Å². The summed E-state index contributed by atoms with van der Waals surface area (Å²) in [5.74, 6) is 2.63. The minimum atomic E-state index is 0.218. The van der Waals surface area contributed by atoms with E-state index in [1.165, 1.54) is 10.4 Å². The van der Waals surface area contributed by atoms with Crippen LogP contribution in [0, 0.1) is 6.92 Å². The normalized spacial score (nSPS) is 16.0. The van der Waals surface area contributed by atoms with E-state index in [9.17, 15) is 0 Å². The predicted molar refractivity (Wildman–Crippen MR) is 110 cm³/mol. The van der Waals surface area contributed by atoms with E-state index >= 15 is 0 Å². The van der Waals surface area contributed by atoms with Crippen LogP contribution in [0.15, 0.2) is 23.3 Å². The molecule has 3 rings (SSSR count). The molecular formula is C20H28N4O2S. The summed E-state index contributed by atoms with van der Waals surface area (Å²) in [5, 5.41) is 7.73. The summed E-state index contributed by atoms with van der Waals surface area (Å²) in [4.78, 5) is 10.2. The van der Waals surface area contributed by atoms with Gasteiger partial charge < -0.3 is 20.1 Å². The average molecular weight is 389 g/mol. The number of aliphatic imine (C=N–C) groups is 1. The number of guanidine groups is 1. The molecule has 146 valence electrons. The van der Waals surface area contributed by atoms with Gasteiger partial charge in [0.05, 0.1) is 24.7 Å². The van der Waals surface area contributed by atoms with Crippen LogP contribution in [0.25, 0.3) is 0 Å². The van der Waals surface area contributed by atoms with Crippen molar-refractivity contribution in [3.05, 3.63) is 39.3 Å². The van der Waals surface area contributed by atoms with Gasteiger partial charge in [0.1, 0.15) is 17.6 Å². The van der Waals surface area contributed by atoms with Crippen molar-refractivity contribution < 1.29 is 9.47 Å². The molecule has 0 bridgehead atoms. The first-order chi connectivity index (χ1) is 13.1. The summed E-state index contributed by atoms with van der Waals surface area (Å²) in [6, 6.07) is 4.18. The number of rotatable bonds is 7. The van der Waals surface area contributed by atoms with Crippen LogP contribution in [0.4, 0.5) is 0 Å². The first kappa shape index (κ1) is 19.5. The Hall–Kier alpha value is -2.28. The quantitative estimate of drug-likeness (QED) is 0.562. The van der Waals surface area contributed by atoms with Gasteiger partial charge in [0, 0.05) is 35.2 Å². The Labute approximate surface area is 165 Å². The van der Waals surface area contributed by atoms with E-state index in [1.54, 1.807) is 11.3 Å². The van der Waals surface area contributed by atoms with Crippen LogP contribution in [0.5, 0.6) is 11.5 Å². The SMILES string of the molecule is CCNC(=NCc1cc2c(cc1OCC)CC(C)O2)NCc1cnc(C)s1. The van der Waals surface area contributed by atoms with Crippen LogP contribution in [0.1, 0.15) is 41.8 Å². The maximum atomic E-state index is 5.90. The van der Waals surface area contributed by atoms with Crippen molar-refractivity contribution in [2.45, 2.75) is 53.3 Å². The van der Waals surface area contributed by atoms with Crippen LogP contribution < -0.4 is 20.1 Å². The fourth-order valence-electron chi connectivity index (χ4n) is 3.06. The van der Waals surface area contributed by atoms with E-state index in [0.29, 0.717) is 19.7 Å². The van der Waals surface area contributed by atoms with E-state index < -0.39 is 0 Å². The molecular weight excluding hydrogens is 360 g/mol. The molecule has 1 aromatic carbocycles. The van der Waals surface area contributed by atoms with Crippen molar-refractivity contribution in [1.82, 2.24) is 15.6 Å². The summed E-state index contributed by atoms with van der Waals surface area (Å²) in [6.45, 7) is 10.8. The highest BCUT2D eigenvalue weighted by molar-refractivity contribution is 7.11. The predicted octanol–water partition coefficient (Wildman–Crippen LogP) is 3.43. The molecule has 1 unspecified atom stereocenters. The second-order valence-electron chi connectivity index (χ2n) is 6.53. The lowest BCUT2D eigenvalue weighted by Gasteiger charge is -2.13. The zero-order valence-electron chi connectivity index (χ0n) is 16.5. The van der Waals surface area contributed by atoms with Crippen LogP contribution >= 0.6 is 11.3 Å². The summed E-state index contributed by atoms with van der Waals surface area (Å²) in [6.07, 6.45) is 3.05. The standard InChI is InChI=1S/C20H28N4O2S/c1-5-21-20(24-12-17-11-22-14(4)27-17)23-10-16-9-19-15(7-13(3)26-19)8-18(16)25-6-2/h8-9,11,13H,5-7,10,12H2,1-4H3,(H2,21,23,24). The van der Waals surface area contributed by atoms with Gasteiger partial charge in [0.25, 0.3) is 0 Å². The van der Waals surface area contributed by atoms with Crippen LogP contribution in [0.3, 0.4) is 0 Å². The smallest absolute Gasteiger partial charge is 0.191 e. The number of fused-ring (bicyclic) bond motifs is 1. The Morgan fingerprint density at radius 1 is 1.37 bits per heavy atom. The highest BCUT2D eigenvalue weighted by Gasteiger charge is 2.21. The minimum absolute atomic E-state index is 0.218. The zero-order valence-corrected chi connectivity index (χ0v) is 17.3. The summed E-state index contributed by atoms with van der Waals surface area (Å²) in [7, 11) is 0. The van der Waals surface area contributed by atoms with Crippen molar-refractivity contribution in [2.75, 3.05) is 13.2 Å². The molecule has 0 saturated heterocycles. The molecule has 0 fully saturated rings. The molecule has 7 heteroatoms. The lowest BCUT2D eigenvalue weighted by Crippen LogP contribution is -2.36. The molecule has 1 atom stereocenters. The highest BCUT2D eigenvalue weighted by atomic mass is 32.1. The molecule has 0 amide bonds. The molecule has 27 heavy (non-hydrogen) atoms. The number of benzene rings is 1. The maximum absolute atomic E-state index is 5.90. The number of nitrogens with one attached hydrogen (secondary N) is 2. The number of nitrogens with zero attached hydrogens (tertiary/aromatic N) is 2. The Morgan fingerprint density at radius 2 is 2.22 bits per heavy atom. The number of aryl methyl sites for hydroxylation is 1. The number of aromatic nitrogens is 1. The van der Waals surface area contributed by atoms with Gasteiger partial charge in [0.2, 0.25) is 0 Å². The number of hydrogen-bond donors (Lipinski definition) is 2. The maximum Gasteiger partial charge on any atom is 0.191 e. The summed E-state index contributed by atoms with van der Waals surface area (Å²) in [5.41, 5.74) is 2.25. The molecule has 0 spiro atoms. The molecule has 2 heterocycles. The third-order valence-corrected chi connectivity index (χ3v) is 5.14. The fraction of sp³-hybridized carbons (Fsp3) is 0.500. The molecule has 1 aromatic heterocycles. The summed E-state index contributed by atoms with van der Waals surface area (Å²) >= 11 is 1.69. The van der Waals surface area contributed by atoms with Crippen LogP contribution in [0.2, 0.25) is 0 Å². The third-order valence-electron chi connectivity index (χ3n) is 4.23. The van der Waals surface area contributed by atoms with Gasteiger partial charge in [-0.05, 0) is 39.8 Å². The van der Waals surface area contributed by atoms with Crippen molar-refractivity contribution in [2.24, 2.45) is 4.99 Å². The first-order valence-electron chi connectivity index (χ1n) is 9.47. The van der Waals surface area contributed by atoms with Gasteiger partial charge >= 0.3 is 0 Å². The van der Waals surface area contributed by atoms with Gasteiger partial charge in [-0.2, -0.15) is 0 Å². The van der Waals surface area contributed by atoms with Crippen molar-refractivity contribution in [1.29, 1.82) is 0 Å². The molecule has 2 aromatic rings. The van der Waals surface area contributed by atoms with Crippen molar-refractivity contribution in [3.63, 3.8) is 0 Å². The monoisotopic (exact) mass is 388 g/mol. The van der Waals surface area contributed by atoms with Gasteiger partial charge in [-0.3, -0.25) is 0 Å². The molecule has 2 N–H and O–H groups in total. The Morgan fingerprint density at radius 3 is 2.93 bits per heavy atom. The van der Waals surface area contributed by atoms with Crippen molar-refractivity contribution >= 4 is 17.3 Å². The minimum Gasteiger partial charge on any atom is -0.494 e. The largest absolute Gasteiger partial charge is 0.494 e. The van der Waals surface area contributed by atoms with E-state index in [1.807, 2.05) is 20.0 Å². The molecule has 0 radical (unpaired) electrons. The van der Waals surface area contributed by atoms with E-state index in [0.717, 1.165) is 41.0 Å². The zero-order chi connectivity index (χ0) is 19.2. The van der Waals surface area contributed by atoms with Gasteiger partial charge in [-0.1, -0.05) is 0 Å². The summed E-state index contributed by atoms with van der Waals surface area (Å²) < 4.78 is 11.8. The van der Waals surface area contributed by atoms with Crippen LogP contribution in [-0.2, 0) is 19.5 Å².